The summed E-state index contributed by atoms with van der Waals surface area (Å²) < 4.78 is 13.4. The number of esters is 2. The number of rotatable bonds is 7. The third kappa shape index (κ3) is 5.06. The van der Waals surface area contributed by atoms with Crippen LogP contribution in [0.1, 0.15) is 22.8 Å². The standard InChI is InChI=1S/C25H22BrN3O4/c1-3-32-22(30)14-27-24-23(28-21-12-11-18(26)15-29(21)24)17-8-6-9-19(13-17)33-25(31)20-10-5-4-7-16(20)2/h4-13,15,27H,3,14H2,1-2H3. The van der Waals surface area contributed by atoms with Crippen molar-refractivity contribution in [3.05, 3.63) is 82.5 Å². The van der Waals surface area contributed by atoms with E-state index in [1.807, 2.05) is 47.9 Å². The van der Waals surface area contributed by atoms with Crippen LogP contribution in [0.4, 0.5) is 5.82 Å². The third-order valence-electron chi connectivity index (χ3n) is 4.97. The minimum Gasteiger partial charge on any atom is -0.465 e. The van der Waals surface area contributed by atoms with Gasteiger partial charge in [0.2, 0.25) is 0 Å². The van der Waals surface area contributed by atoms with Crippen molar-refractivity contribution in [3.63, 3.8) is 0 Å². The molecule has 2 heterocycles. The van der Waals surface area contributed by atoms with Crippen molar-refractivity contribution in [2.75, 3.05) is 18.5 Å². The summed E-state index contributed by atoms with van der Waals surface area (Å²) in [6.45, 7) is 3.92. The molecule has 0 fully saturated rings. The van der Waals surface area contributed by atoms with Crippen molar-refractivity contribution < 1.29 is 19.1 Å². The molecule has 2 aromatic carbocycles. The van der Waals surface area contributed by atoms with Crippen LogP contribution in [0, 0.1) is 6.92 Å². The summed E-state index contributed by atoms with van der Waals surface area (Å²) in [5, 5.41) is 3.14. The van der Waals surface area contributed by atoms with Gasteiger partial charge >= 0.3 is 11.9 Å². The first-order valence-electron chi connectivity index (χ1n) is 10.4. The lowest BCUT2D eigenvalue weighted by atomic mass is 10.1. The summed E-state index contributed by atoms with van der Waals surface area (Å²) in [5.41, 5.74) is 3.40. The van der Waals surface area contributed by atoms with Crippen molar-refractivity contribution in [1.82, 2.24) is 9.38 Å². The number of carbonyl (C=O) groups is 2. The smallest absolute Gasteiger partial charge is 0.343 e. The van der Waals surface area contributed by atoms with E-state index in [0.29, 0.717) is 35.1 Å². The van der Waals surface area contributed by atoms with E-state index in [0.717, 1.165) is 15.6 Å². The number of imidazole rings is 1. The molecule has 7 nitrogen and oxygen atoms in total. The number of nitrogens with one attached hydrogen (secondary N) is 1. The van der Waals surface area contributed by atoms with E-state index in [1.54, 1.807) is 37.3 Å². The van der Waals surface area contributed by atoms with Gasteiger partial charge in [0.25, 0.3) is 0 Å². The van der Waals surface area contributed by atoms with Gasteiger partial charge < -0.3 is 14.8 Å². The van der Waals surface area contributed by atoms with Crippen LogP contribution >= 0.6 is 15.9 Å². The lowest BCUT2D eigenvalue weighted by Gasteiger charge is -2.10. The first kappa shape index (κ1) is 22.5. The van der Waals surface area contributed by atoms with Gasteiger partial charge in [0.1, 0.15) is 29.5 Å². The lowest BCUT2D eigenvalue weighted by Crippen LogP contribution is -2.17. The minimum absolute atomic E-state index is 0.0108. The molecule has 0 spiro atoms. The number of anilines is 1. The number of fused-ring (bicyclic) bond motifs is 1. The summed E-state index contributed by atoms with van der Waals surface area (Å²) in [6.07, 6.45) is 1.86. The third-order valence-corrected chi connectivity index (χ3v) is 5.44. The maximum atomic E-state index is 12.7. The Morgan fingerprint density at radius 3 is 2.70 bits per heavy atom. The number of aryl methyl sites for hydroxylation is 1. The number of nitrogens with zero attached hydrogens (tertiary/aromatic N) is 2. The molecule has 33 heavy (non-hydrogen) atoms. The molecule has 0 aliphatic heterocycles. The molecule has 168 valence electrons. The number of ether oxygens (including phenoxy) is 2. The van der Waals surface area contributed by atoms with Crippen molar-refractivity contribution in [2.24, 2.45) is 0 Å². The number of pyridine rings is 1. The second-order valence-electron chi connectivity index (χ2n) is 7.28. The Bertz CT molecular complexity index is 1330. The van der Waals surface area contributed by atoms with E-state index >= 15 is 0 Å². The molecule has 0 aliphatic rings. The van der Waals surface area contributed by atoms with Gasteiger partial charge in [-0.25, -0.2) is 9.78 Å². The highest BCUT2D eigenvalue weighted by Crippen LogP contribution is 2.32. The monoisotopic (exact) mass is 507 g/mol. The Hall–Kier alpha value is -3.65. The molecule has 4 aromatic rings. The molecule has 0 unspecified atom stereocenters. The number of aromatic nitrogens is 2. The van der Waals surface area contributed by atoms with Crippen molar-refractivity contribution >= 4 is 39.3 Å². The summed E-state index contributed by atoms with van der Waals surface area (Å²) in [4.78, 5) is 29.3. The minimum atomic E-state index is -0.426. The van der Waals surface area contributed by atoms with Crippen LogP contribution in [-0.4, -0.2) is 34.5 Å². The summed E-state index contributed by atoms with van der Waals surface area (Å²) in [5.74, 6) is 0.233. The quantitative estimate of drug-likeness (QED) is 0.271. The molecule has 2 aromatic heterocycles. The number of benzene rings is 2. The zero-order valence-electron chi connectivity index (χ0n) is 18.2. The zero-order chi connectivity index (χ0) is 23.4. The number of hydrogen-bond acceptors (Lipinski definition) is 6. The predicted molar refractivity (Wildman–Crippen MR) is 130 cm³/mol. The predicted octanol–water partition coefficient (Wildman–Crippen LogP) is 5.27. The van der Waals surface area contributed by atoms with Gasteiger partial charge in [-0.1, -0.05) is 30.3 Å². The Morgan fingerprint density at radius 1 is 1.09 bits per heavy atom. The highest BCUT2D eigenvalue weighted by Gasteiger charge is 2.17. The maximum absolute atomic E-state index is 12.7. The fourth-order valence-corrected chi connectivity index (χ4v) is 3.76. The van der Waals surface area contributed by atoms with Crippen molar-refractivity contribution in [3.8, 4) is 17.0 Å². The van der Waals surface area contributed by atoms with E-state index in [1.165, 1.54) is 0 Å². The number of hydrogen-bond donors (Lipinski definition) is 1. The van der Waals surface area contributed by atoms with E-state index in [9.17, 15) is 9.59 Å². The number of halogens is 1. The van der Waals surface area contributed by atoms with Crippen LogP contribution in [-0.2, 0) is 9.53 Å². The normalized spacial score (nSPS) is 10.8. The molecular weight excluding hydrogens is 486 g/mol. The van der Waals surface area contributed by atoms with Gasteiger partial charge in [-0.05, 0) is 65.7 Å². The highest BCUT2D eigenvalue weighted by molar-refractivity contribution is 9.10. The maximum Gasteiger partial charge on any atom is 0.343 e. The van der Waals surface area contributed by atoms with Gasteiger partial charge in [-0.3, -0.25) is 9.20 Å². The van der Waals surface area contributed by atoms with Crippen LogP contribution in [0.15, 0.2) is 71.3 Å². The van der Waals surface area contributed by atoms with Crippen LogP contribution in [0.25, 0.3) is 16.9 Å². The molecule has 0 saturated heterocycles. The molecule has 0 saturated carbocycles. The van der Waals surface area contributed by atoms with Crippen molar-refractivity contribution in [1.29, 1.82) is 0 Å². The van der Waals surface area contributed by atoms with Crippen LogP contribution in [0.3, 0.4) is 0 Å². The molecule has 0 radical (unpaired) electrons. The fourth-order valence-electron chi connectivity index (χ4n) is 3.43. The van der Waals surface area contributed by atoms with Crippen molar-refractivity contribution in [2.45, 2.75) is 13.8 Å². The molecule has 0 aliphatic carbocycles. The van der Waals surface area contributed by atoms with Gasteiger partial charge in [0.15, 0.2) is 0 Å². The molecule has 1 N–H and O–H groups in total. The summed E-state index contributed by atoms with van der Waals surface area (Å²) in [6, 6.07) is 18.2. The Balaban J connectivity index is 1.68. The van der Waals surface area contributed by atoms with Crippen LogP contribution in [0.2, 0.25) is 0 Å². The summed E-state index contributed by atoms with van der Waals surface area (Å²) in [7, 11) is 0. The first-order chi connectivity index (χ1) is 16.0. The van der Waals surface area contributed by atoms with E-state index < -0.39 is 5.97 Å². The number of carbonyl (C=O) groups excluding carboxylic acids is 2. The van der Waals surface area contributed by atoms with Crippen LogP contribution < -0.4 is 10.1 Å². The molecule has 8 heteroatoms. The first-order valence-corrected chi connectivity index (χ1v) is 11.2. The molecule has 4 rings (SSSR count). The highest BCUT2D eigenvalue weighted by atomic mass is 79.9. The average Bonchev–Trinajstić information content (AvgIpc) is 3.16. The van der Waals surface area contributed by atoms with Gasteiger partial charge in [0.05, 0.1) is 12.2 Å². The van der Waals surface area contributed by atoms with Gasteiger partial charge in [-0.2, -0.15) is 0 Å². The van der Waals surface area contributed by atoms with Gasteiger partial charge in [0, 0.05) is 16.2 Å². The summed E-state index contributed by atoms with van der Waals surface area (Å²) >= 11 is 3.48. The Labute approximate surface area is 199 Å². The fraction of sp³-hybridized carbons (Fsp3) is 0.160. The second kappa shape index (κ2) is 9.87. The van der Waals surface area contributed by atoms with Crippen LogP contribution in [0.5, 0.6) is 5.75 Å². The topological polar surface area (TPSA) is 81.9 Å². The average molecular weight is 508 g/mol. The SMILES string of the molecule is CCOC(=O)CNc1c(-c2cccc(OC(=O)c3ccccc3C)c2)nc2ccc(Br)cn12. The van der Waals surface area contributed by atoms with E-state index in [-0.39, 0.29) is 12.5 Å². The lowest BCUT2D eigenvalue weighted by molar-refractivity contribution is -0.140. The molecule has 0 bridgehead atoms. The Morgan fingerprint density at radius 2 is 1.91 bits per heavy atom. The van der Waals surface area contributed by atoms with Gasteiger partial charge in [-0.15, -0.1) is 0 Å². The van der Waals surface area contributed by atoms with E-state index in [4.69, 9.17) is 14.5 Å². The molecule has 0 atom stereocenters. The Kier molecular flexibility index (Phi) is 6.74. The molecular formula is C25H22BrN3O4. The van der Waals surface area contributed by atoms with E-state index in [2.05, 4.69) is 21.2 Å². The zero-order valence-corrected chi connectivity index (χ0v) is 19.8. The largest absolute Gasteiger partial charge is 0.465 e. The second-order valence-corrected chi connectivity index (χ2v) is 8.19. The molecule has 0 amide bonds.